The zero-order valence-electron chi connectivity index (χ0n) is 18.9. The van der Waals surface area contributed by atoms with Crippen LogP contribution in [0.1, 0.15) is 33.3 Å². The van der Waals surface area contributed by atoms with E-state index >= 15 is 0 Å². The predicted molar refractivity (Wildman–Crippen MR) is 125 cm³/mol. The fraction of sp³-hybridized carbons (Fsp3) is 0.545. The predicted octanol–water partition coefficient (Wildman–Crippen LogP) is 0.337. The SMILES string of the molecule is CC(C)C(N)C(=O)NC(Cc1ccccc1)C(=O)NC(C(=O)NC(CS)C(=O)O)C(C)C. The Morgan fingerprint density at radius 1 is 0.875 bits per heavy atom. The van der Waals surface area contributed by atoms with Crippen molar-refractivity contribution in [3.05, 3.63) is 35.9 Å². The summed E-state index contributed by atoms with van der Waals surface area (Å²) < 4.78 is 0. The summed E-state index contributed by atoms with van der Waals surface area (Å²) in [6, 6.07) is 5.18. The van der Waals surface area contributed by atoms with Crippen LogP contribution in [-0.4, -0.2) is 58.7 Å². The van der Waals surface area contributed by atoms with Gasteiger partial charge in [0.1, 0.15) is 18.1 Å². The van der Waals surface area contributed by atoms with Gasteiger partial charge in [-0.15, -0.1) is 0 Å². The van der Waals surface area contributed by atoms with Crippen LogP contribution in [0.3, 0.4) is 0 Å². The van der Waals surface area contributed by atoms with Crippen molar-refractivity contribution in [2.24, 2.45) is 17.6 Å². The van der Waals surface area contributed by atoms with Crippen LogP contribution < -0.4 is 21.7 Å². The van der Waals surface area contributed by atoms with Gasteiger partial charge in [-0.25, -0.2) is 4.79 Å². The minimum atomic E-state index is -1.22. The molecule has 0 saturated heterocycles. The van der Waals surface area contributed by atoms with Gasteiger partial charge in [-0.05, 0) is 17.4 Å². The number of hydrogen-bond acceptors (Lipinski definition) is 6. The highest BCUT2D eigenvalue weighted by Crippen LogP contribution is 2.08. The van der Waals surface area contributed by atoms with Crippen LogP contribution in [0.15, 0.2) is 30.3 Å². The van der Waals surface area contributed by atoms with Crippen molar-refractivity contribution >= 4 is 36.3 Å². The first-order chi connectivity index (χ1) is 15.0. The Hall–Kier alpha value is -2.59. The molecule has 4 unspecified atom stereocenters. The monoisotopic (exact) mass is 466 g/mol. The second-order valence-corrected chi connectivity index (χ2v) is 8.70. The molecule has 178 valence electrons. The van der Waals surface area contributed by atoms with Crippen LogP contribution >= 0.6 is 12.6 Å². The number of rotatable bonds is 12. The first kappa shape index (κ1) is 27.4. The van der Waals surface area contributed by atoms with E-state index < -0.39 is 47.9 Å². The summed E-state index contributed by atoms with van der Waals surface area (Å²) in [6.45, 7) is 7.05. The van der Waals surface area contributed by atoms with Crippen molar-refractivity contribution < 1.29 is 24.3 Å². The quantitative estimate of drug-likeness (QED) is 0.245. The molecular weight excluding hydrogens is 432 g/mol. The maximum absolute atomic E-state index is 13.1. The minimum absolute atomic E-state index is 0.0976. The average Bonchev–Trinajstić information content (AvgIpc) is 2.74. The Morgan fingerprint density at radius 3 is 1.91 bits per heavy atom. The number of carboxylic acid groups (broad SMARTS) is 1. The van der Waals surface area contributed by atoms with E-state index in [2.05, 4.69) is 28.6 Å². The van der Waals surface area contributed by atoms with E-state index in [0.717, 1.165) is 5.56 Å². The average molecular weight is 467 g/mol. The van der Waals surface area contributed by atoms with Crippen LogP contribution in [0.5, 0.6) is 0 Å². The molecule has 0 aliphatic carbocycles. The number of aliphatic carboxylic acids is 1. The lowest BCUT2D eigenvalue weighted by atomic mass is 9.99. The summed E-state index contributed by atoms with van der Waals surface area (Å²) in [5.41, 5.74) is 6.74. The number of nitrogens with two attached hydrogens (primary N) is 1. The number of benzene rings is 1. The third-order valence-electron chi connectivity index (χ3n) is 4.98. The molecule has 0 spiro atoms. The Bertz CT molecular complexity index is 788. The molecule has 1 aromatic carbocycles. The third kappa shape index (κ3) is 8.51. The maximum Gasteiger partial charge on any atom is 0.327 e. The molecule has 0 aromatic heterocycles. The number of carboxylic acids is 1. The van der Waals surface area contributed by atoms with Gasteiger partial charge in [-0.3, -0.25) is 14.4 Å². The molecule has 1 rings (SSSR count). The number of hydrogen-bond donors (Lipinski definition) is 6. The van der Waals surface area contributed by atoms with Gasteiger partial charge in [0.15, 0.2) is 0 Å². The zero-order chi connectivity index (χ0) is 24.4. The molecular formula is C22H34N4O5S. The number of amides is 3. The Kier molecular flexibility index (Phi) is 11.2. The lowest BCUT2D eigenvalue weighted by Crippen LogP contribution is -2.59. The van der Waals surface area contributed by atoms with Gasteiger partial charge in [0.2, 0.25) is 17.7 Å². The second kappa shape index (κ2) is 13.1. The first-order valence-corrected chi connectivity index (χ1v) is 11.1. The van der Waals surface area contributed by atoms with E-state index in [1.807, 2.05) is 30.3 Å². The van der Waals surface area contributed by atoms with Crippen molar-refractivity contribution in [1.29, 1.82) is 0 Å². The van der Waals surface area contributed by atoms with Crippen molar-refractivity contribution in [2.45, 2.75) is 58.3 Å². The molecule has 32 heavy (non-hydrogen) atoms. The fourth-order valence-corrected chi connectivity index (χ4v) is 3.11. The van der Waals surface area contributed by atoms with Gasteiger partial charge in [-0.2, -0.15) is 12.6 Å². The molecule has 4 atom stereocenters. The summed E-state index contributed by atoms with van der Waals surface area (Å²) in [5.74, 6) is -3.46. The van der Waals surface area contributed by atoms with E-state index in [1.54, 1.807) is 27.7 Å². The molecule has 0 fully saturated rings. The second-order valence-electron chi connectivity index (χ2n) is 8.33. The summed E-state index contributed by atoms with van der Waals surface area (Å²) in [7, 11) is 0. The van der Waals surface area contributed by atoms with Gasteiger partial charge in [0.05, 0.1) is 6.04 Å². The molecule has 10 heteroatoms. The molecule has 0 aliphatic heterocycles. The molecule has 3 amide bonds. The number of carbonyl (C=O) groups excluding carboxylic acids is 3. The van der Waals surface area contributed by atoms with Crippen LogP contribution in [0.25, 0.3) is 0 Å². The molecule has 0 saturated carbocycles. The molecule has 0 radical (unpaired) electrons. The zero-order valence-corrected chi connectivity index (χ0v) is 19.8. The fourth-order valence-electron chi connectivity index (χ4n) is 2.87. The summed E-state index contributed by atoms with van der Waals surface area (Å²) in [5, 5.41) is 16.9. The maximum atomic E-state index is 13.1. The number of nitrogens with one attached hydrogen (secondary N) is 3. The Balaban J connectivity index is 3.05. The van der Waals surface area contributed by atoms with E-state index in [-0.39, 0.29) is 24.0 Å². The van der Waals surface area contributed by atoms with Crippen molar-refractivity contribution in [1.82, 2.24) is 16.0 Å². The van der Waals surface area contributed by atoms with E-state index in [1.165, 1.54) is 0 Å². The van der Waals surface area contributed by atoms with Crippen LogP contribution in [0.4, 0.5) is 0 Å². The lowest BCUT2D eigenvalue weighted by Gasteiger charge is -2.27. The molecule has 0 heterocycles. The smallest absolute Gasteiger partial charge is 0.327 e. The van der Waals surface area contributed by atoms with Crippen LogP contribution in [0.2, 0.25) is 0 Å². The first-order valence-electron chi connectivity index (χ1n) is 10.5. The summed E-state index contributed by atoms with van der Waals surface area (Å²) >= 11 is 3.94. The Labute approximate surface area is 194 Å². The summed E-state index contributed by atoms with van der Waals surface area (Å²) in [4.78, 5) is 49.5. The highest BCUT2D eigenvalue weighted by molar-refractivity contribution is 7.80. The van der Waals surface area contributed by atoms with Gasteiger partial charge >= 0.3 is 5.97 Å². The van der Waals surface area contributed by atoms with Crippen molar-refractivity contribution in [2.75, 3.05) is 5.75 Å². The van der Waals surface area contributed by atoms with E-state index in [9.17, 15) is 19.2 Å². The van der Waals surface area contributed by atoms with Crippen molar-refractivity contribution in [3.63, 3.8) is 0 Å². The van der Waals surface area contributed by atoms with Gasteiger partial charge in [0, 0.05) is 12.2 Å². The van der Waals surface area contributed by atoms with Gasteiger partial charge < -0.3 is 26.8 Å². The molecule has 1 aromatic rings. The topological polar surface area (TPSA) is 151 Å². The van der Waals surface area contributed by atoms with Gasteiger partial charge in [-0.1, -0.05) is 58.0 Å². The van der Waals surface area contributed by atoms with Crippen LogP contribution in [-0.2, 0) is 25.6 Å². The van der Waals surface area contributed by atoms with Gasteiger partial charge in [0.25, 0.3) is 0 Å². The molecule has 0 aliphatic rings. The minimum Gasteiger partial charge on any atom is -0.480 e. The van der Waals surface area contributed by atoms with E-state index in [4.69, 9.17) is 10.8 Å². The molecule has 6 N–H and O–H groups in total. The Morgan fingerprint density at radius 2 is 1.44 bits per heavy atom. The lowest BCUT2D eigenvalue weighted by molar-refractivity contribution is -0.142. The molecule has 0 bridgehead atoms. The molecule has 9 nitrogen and oxygen atoms in total. The third-order valence-corrected chi connectivity index (χ3v) is 5.35. The number of carbonyl (C=O) groups is 4. The standard InChI is InChI=1S/C22H34N4O5S/c1-12(2)17(23)20(28)24-15(10-14-8-6-5-7-9-14)19(27)26-18(13(3)4)21(29)25-16(11-32)22(30)31/h5-9,12-13,15-18,32H,10-11,23H2,1-4H3,(H,24,28)(H,25,29)(H,26,27)(H,30,31). The summed E-state index contributed by atoms with van der Waals surface area (Å²) in [6.07, 6.45) is 0.198. The highest BCUT2D eigenvalue weighted by Gasteiger charge is 2.32. The van der Waals surface area contributed by atoms with Crippen LogP contribution in [0, 0.1) is 11.8 Å². The normalized spacial score (nSPS) is 14.9. The van der Waals surface area contributed by atoms with E-state index in [0.29, 0.717) is 0 Å². The van der Waals surface area contributed by atoms with Crippen molar-refractivity contribution in [3.8, 4) is 0 Å². The largest absolute Gasteiger partial charge is 0.480 e. The number of thiol groups is 1. The highest BCUT2D eigenvalue weighted by atomic mass is 32.1.